The lowest BCUT2D eigenvalue weighted by molar-refractivity contribution is -0.163. The number of ether oxygens (including phenoxy) is 1. The molecule has 15 heavy (non-hydrogen) atoms. The van der Waals surface area contributed by atoms with Crippen LogP contribution in [-0.2, 0) is 9.53 Å². The largest absolute Gasteiger partial charge is 0.480 e. The van der Waals surface area contributed by atoms with Gasteiger partial charge in [0.2, 0.25) is 0 Å². The number of hydrogen-bond donors (Lipinski definition) is 2. The van der Waals surface area contributed by atoms with Crippen LogP contribution in [0.15, 0.2) is 24.3 Å². The molecule has 0 aromatic rings. The molecule has 4 heteroatoms. The molecule has 0 saturated heterocycles. The number of aliphatic hydroxyl groups is 1. The molecule has 3 atom stereocenters. The van der Waals surface area contributed by atoms with Gasteiger partial charge in [0.1, 0.15) is 11.0 Å². The zero-order valence-electron chi connectivity index (χ0n) is 8.51. The Morgan fingerprint density at radius 1 is 1.53 bits per heavy atom. The van der Waals surface area contributed by atoms with Crippen LogP contribution < -0.4 is 0 Å². The van der Waals surface area contributed by atoms with E-state index in [1.807, 2.05) is 6.08 Å². The molecule has 0 heterocycles. The molecule has 82 valence electrons. The van der Waals surface area contributed by atoms with Gasteiger partial charge in [-0.05, 0) is 6.42 Å². The molecule has 4 nitrogen and oxygen atoms in total. The van der Waals surface area contributed by atoms with E-state index in [4.69, 9.17) is 9.84 Å². The van der Waals surface area contributed by atoms with Crippen molar-refractivity contribution < 1.29 is 19.7 Å². The van der Waals surface area contributed by atoms with Crippen LogP contribution in [0.25, 0.3) is 0 Å². The van der Waals surface area contributed by atoms with Crippen LogP contribution in [0.4, 0.5) is 0 Å². The maximum absolute atomic E-state index is 11.3. The normalized spacial score (nSPS) is 42.1. The molecule has 0 aliphatic heterocycles. The predicted octanol–water partition coefficient (Wildman–Crippen LogP) is 0.581. The summed E-state index contributed by atoms with van der Waals surface area (Å²) in [4.78, 5) is 11.3. The third-order valence-electron chi connectivity index (χ3n) is 3.47. The number of rotatable bonds is 3. The number of carboxylic acid groups (broad SMARTS) is 1. The van der Waals surface area contributed by atoms with Gasteiger partial charge in [0.15, 0.2) is 0 Å². The van der Waals surface area contributed by atoms with Crippen molar-refractivity contribution >= 4 is 5.97 Å². The molecule has 0 aromatic carbocycles. The van der Waals surface area contributed by atoms with Gasteiger partial charge < -0.3 is 14.9 Å². The van der Waals surface area contributed by atoms with Gasteiger partial charge in [-0.1, -0.05) is 24.3 Å². The number of carboxylic acids is 1. The van der Waals surface area contributed by atoms with E-state index in [-0.39, 0.29) is 12.5 Å². The van der Waals surface area contributed by atoms with Crippen LogP contribution in [-0.4, -0.2) is 35.5 Å². The molecule has 2 rings (SSSR count). The van der Waals surface area contributed by atoms with E-state index in [1.165, 1.54) is 7.11 Å². The number of aliphatic hydroxyl groups excluding tert-OH is 1. The van der Waals surface area contributed by atoms with Crippen molar-refractivity contribution in [2.75, 3.05) is 13.7 Å². The van der Waals surface area contributed by atoms with Gasteiger partial charge in [0, 0.05) is 19.6 Å². The third-order valence-corrected chi connectivity index (χ3v) is 3.47. The summed E-state index contributed by atoms with van der Waals surface area (Å²) in [6.07, 6.45) is 7.37. The Balaban J connectivity index is 2.40. The molecule has 0 fully saturated rings. The van der Waals surface area contributed by atoms with Crippen molar-refractivity contribution in [1.82, 2.24) is 0 Å². The average molecular weight is 210 g/mol. The Hall–Kier alpha value is -1.13. The third kappa shape index (κ3) is 1.12. The molecule has 0 radical (unpaired) electrons. The first kappa shape index (κ1) is 10.4. The molecule has 0 saturated carbocycles. The molecule has 3 unspecified atom stereocenters. The molecule has 2 N–H and O–H groups in total. The van der Waals surface area contributed by atoms with Crippen molar-refractivity contribution in [3.8, 4) is 0 Å². The van der Waals surface area contributed by atoms with Gasteiger partial charge in [-0.15, -0.1) is 0 Å². The van der Waals surface area contributed by atoms with Gasteiger partial charge >= 0.3 is 5.97 Å². The fraction of sp³-hybridized carbons (Fsp3) is 0.545. The van der Waals surface area contributed by atoms with Crippen LogP contribution in [0.3, 0.4) is 0 Å². The molecule has 2 aliphatic rings. The van der Waals surface area contributed by atoms with E-state index in [0.29, 0.717) is 6.42 Å². The highest BCUT2D eigenvalue weighted by Crippen LogP contribution is 2.53. The van der Waals surface area contributed by atoms with Gasteiger partial charge in [0.25, 0.3) is 0 Å². The van der Waals surface area contributed by atoms with E-state index >= 15 is 0 Å². The van der Waals surface area contributed by atoms with Gasteiger partial charge in [-0.2, -0.15) is 0 Å². The lowest BCUT2D eigenvalue weighted by atomic mass is 9.56. The minimum Gasteiger partial charge on any atom is -0.480 e. The summed E-state index contributed by atoms with van der Waals surface area (Å²) in [7, 11) is 1.50. The number of hydrogen-bond acceptors (Lipinski definition) is 3. The first-order valence-electron chi connectivity index (χ1n) is 4.89. The van der Waals surface area contributed by atoms with E-state index in [2.05, 4.69) is 0 Å². The summed E-state index contributed by atoms with van der Waals surface area (Å²) in [5, 5.41) is 18.3. The van der Waals surface area contributed by atoms with Crippen molar-refractivity contribution in [2.24, 2.45) is 11.3 Å². The van der Waals surface area contributed by atoms with Gasteiger partial charge in [-0.25, -0.2) is 0 Å². The summed E-state index contributed by atoms with van der Waals surface area (Å²) < 4.78 is 5.30. The number of methoxy groups -OCH3 is 1. The Labute approximate surface area is 87.9 Å². The fourth-order valence-electron chi connectivity index (χ4n) is 2.41. The van der Waals surface area contributed by atoms with Crippen LogP contribution in [0.1, 0.15) is 6.42 Å². The lowest BCUT2D eigenvalue weighted by Crippen LogP contribution is -2.59. The summed E-state index contributed by atoms with van der Waals surface area (Å²) in [5.74, 6) is -0.996. The monoisotopic (exact) mass is 210 g/mol. The van der Waals surface area contributed by atoms with Crippen molar-refractivity contribution in [3.05, 3.63) is 24.3 Å². The van der Waals surface area contributed by atoms with Crippen molar-refractivity contribution in [1.29, 1.82) is 0 Å². The van der Waals surface area contributed by atoms with E-state index in [9.17, 15) is 9.90 Å². The van der Waals surface area contributed by atoms with Crippen molar-refractivity contribution in [3.63, 3.8) is 0 Å². The average Bonchev–Trinajstić information content (AvgIpc) is 2.20. The zero-order chi connectivity index (χ0) is 11.1. The van der Waals surface area contributed by atoms with E-state index < -0.39 is 17.0 Å². The maximum Gasteiger partial charge on any atom is 0.317 e. The topological polar surface area (TPSA) is 66.8 Å². The first-order chi connectivity index (χ1) is 7.10. The molecule has 0 aromatic heterocycles. The van der Waals surface area contributed by atoms with Crippen LogP contribution >= 0.6 is 0 Å². The van der Waals surface area contributed by atoms with E-state index in [1.54, 1.807) is 18.2 Å². The van der Waals surface area contributed by atoms with E-state index in [0.717, 1.165) is 0 Å². The van der Waals surface area contributed by atoms with Crippen LogP contribution in [0, 0.1) is 11.3 Å². The smallest absolute Gasteiger partial charge is 0.317 e. The highest BCUT2D eigenvalue weighted by molar-refractivity contribution is 5.83. The zero-order valence-corrected chi connectivity index (χ0v) is 8.51. The van der Waals surface area contributed by atoms with Crippen molar-refractivity contribution in [2.45, 2.75) is 12.0 Å². The summed E-state index contributed by atoms with van der Waals surface area (Å²) in [6.45, 7) is -0.0286. The van der Waals surface area contributed by atoms with Crippen LogP contribution in [0.5, 0.6) is 0 Å². The molecular weight excluding hydrogens is 196 g/mol. The summed E-state index contributed by atoms with van der Waals surface area (Å²) in [6, 6.07) is 0. The Morgan fingerprint density at radius 3 is 2.67 bits per heavy atom. The second kappa shape index (κ2) is 3.18. The highest BCUT2D eigenvalue weighted by atomic mass is 16.5. The molecular formula is C11H14O4. The molecule has 2 aliphatic carbocycles. The van der Waals surface area contributed by atoms with Crippen LogP contribution in [0.2, 0.25) is 0 Å². The summed E-state index contributed by atoms with van der Waals surface area (Å²) in [5.41, 5.74) is -1.81. The second-order valence-corrected chi connectivity index (χ2v) is 4.11. The maximum atomic E-state index is 11.3. The highest BCUT2D eigenvalue weighted by Gasteiger charge is 2.61. The van der Waals surface area contributed by atoms with Gasteiger partial charge in [0.05, 0.1) is 0 Å². The number of fused-ring (bicyclic) bond motifs is 1. The second-order valence-electron chi connectivity index (χ2n) is 4.11. The standard InChI is InChI=1S/C11H14O4/c1-15-11-3-2-8(7-12)6-10(11,4-5-11)9(13)14/h2-5,8,12H,6-7H2,1H3,(H,13,14). The molecule has 0 spiro atoms. The fourth-order valence-corrected chi connectivity index (χ4v) is 2.41. The molecule has 0 bridgehead atoms. The Kier molecular flexibility index (Phi) is 2.20. The predicted molar refractivity (Wildman–Crippen MR) is 53.3 cm³/mol. The van der Waals surface area contributed by atoms with Gasteiger partial charge in [-0.3, -0.25) is 4.79 Å². The number of aliphatic carboxylic acids is 1. The summed E-state index contributed by atoms with van der Waals surface area (Å²) >= 11 is 0. The Morgan fingerprint density at radius 2 is 2.27 bits per heavy atom. The molecule has 0 amide bonds. The Bertz CT molecular complexity index is 346. The lowest BCUT2D eigenvalue weighted by Gasteiger charge is -2.51. The first-order valence-corrected chi connectivity index (χ1v) is 4.89. The number of carbonyl (C=O) groups is 1. The SMILES string of the molecule is COC12C=CC(CO)CC1(C(=O)O)C=C2. The quantitative estimate of drug-likeness (QED) is 0.669. The minimum absolute atomic E-state index is 0.0286. The minimum atomic E-state index is -0.996.